The minimum atomic E-state index is -0.855. The van der Waals surface area contributed by atoms with E-state index in [4.69, 9.17) is 18.9 Å². The van der Waals surface area contributed by atoms with Crippen LogP contribution in [0.15, 0.2) is 84.9 Å². The summed E-state index contributed by atoms with van der Waals surface area (Å²) in [5.41, 5.74) is 2.02. The number of hydrogen-bond acceptors (Lipinski definition) is 5. The molecule has 1 aliphatic rings. The lowest BCUT2D eigenvalue weighted by molar-refractivity contribution is -0.266. The Morgan fingerprint density at radius 1 is 0.806 bits per heavy atom. The minimum Gasteiger partial charge on any atom is -0.493 e. The van der Waals surface area contributed by atoms with E-state index in [2.05, 4.69) is 29.6 Å². The Labute approximate surface area is 183 Å². The summed E-state index contributed by atoms with van der Waals surface area (Å²) in [4.78, 5) is 0. The van der Waals surface area contributed by atoms with Crippen molar-refractivity contribution in [2.75, 3.05) is 40.0 Å². The van der Waals surface area contributed by atoms with Gasteiger partial charge in [0.15, 0.2) is 11.5 Å². The van der Waals surface area contributed by atoms with Crippen molar-refractivity contribution in [2.24, 2.45) is 5.92 Å². The second-order valence-corrected chi connectivity index (χ2v) is 7.54. The molecule has 31 heavy (non-hydrogen) atoms. The highest BCUT2D eigenvalue weighted by Crippen LogP contribution is 2.38. The van der Waals surface area contributed by atoms with Crippen LogP contribution in [0.25, 0.3) is 0 Å². The lowest BCUT2D eigenvalue weighted by Crippen LogP contribution is -2.45. The molecule has 1 aliphatic heterocycles. The summed E-state index contributed by atoms with van der Waals surface area (Å²) in [6, 6.07) is 28.0. The van der Waals surface area contributed by atoms with Gasteiger partial charge in [-0.15, -0.1) is 0 Å². The molecule has 0 unspecified atom stereocenters. The predicted octanol–water partition coefficient (Wildman–Crippen LogP) is 4.23. The van der Waals surface area contributed by atoms with Gasteiger partial charge in [-0.2, -0.15) is 0 Å². The minimum absolute atomic E-state index is 0.270. The fourth-order valence-electron chi connectivity index (χ4n) is 3.77. The van der Waals surface area contributed by atoms with Crippen LogP contribution in [0.1, 0.15) is 11.1 Å². The van der Waals surface area contributed by atoms with Crippen LogP contribution in [-0.4, -0.2) is 40.0 Å². The Morgan fingerprint density at radius 3 is 1.94 bits per heavy atom. The van der Waals surface area contributed by atoms with E-state index in [9.17, 15) is 0 Å². The second kappa shape index (κ2) is 10.4. The molecule has 3 aromatic carbocycles. The van der Waals surface area contributed by atoms with E-state index in [1.54, 1.807) is 7.11 Å². The van der Waals surface area contributed by atoms with Crippen LogP contribution in [0.3, 0.4) is 0 Å². The topological polar surface area (TPSA) is 49.0 Å². The maximum Gasteiger partial charge on any atom is 0.222 e. The fraction of sp³-hybridized carbons (Fsp3) is 0.308. The van der Waals surface area contributed by atoms with Gasteiger partial charge in [-0.3, -0.25) is 0 Å². The van der Waals surface area contributed by atoms with Gasteiger partial charge in [0.05, 0.1) is 20.3 Å². The molecule has 5 nitrogen and oxygen atoms in total. The van der Waals surface area contributed by atoms with E-state index < -0.39 is 5.79 Å². The molecule has 0 saturated carbocycles. The monoisotopic (exact) mass is 419 g/mol. The molecule has 4 rings (SSSR count). The number of methoxy groups -OCH3 is 1. The molecule has 0 aliphatic carbocycles. The van der Waals surface area contributed by atoms with Crippen molar-refractivity contribution in [3.8, 4) is 11.5 Å². The van der Waals surface area contributed by atoms with Gasteiger partial charge in [0.25, 0.3) is 0 Å². The van der Waals surface area contributed by atoms with Crippen LogP contribution < -0.4 is 14.8 Å². The average Bonchev–Trinajstić information content (AvgIpc) is 2.85. The predicted molar refractivity (Wildman–Crippen MR) is 120 cm³/mol. The molecule has 5 heteroatoms. The maximum atomic E-state index is 6.40. The summed E-state index contributed by atoms with van der Waals surface area (Å²) in [6.07, 6.45) is 0. The first-order chi connectivity index (χ1) is 15.3. The van der Waals surface area contributed by atoms with Crippen molar-refractivity contribution in [1.82, 2.24) is 5.32 Å². The Balaban J connectivity index is 1.29. The van der Waals surface area contributed by atoms with E-state index in [-0.39, 0.29) is 5.92 Å². The van der Waals surface area contributed by atoms with Gasteiger partial charge in [0.1, 0.15) is 6.61 Å². The SMILES string of the molecule is COc1ccccc1OCCNCC1COC(c2ccccc2)(c2ccccc2)OC1. The first-order valence-electron chi connectivity index (χ1n) is 10.7. The normalized spacial score (nSPS) is 16.0. The molecule has 0 spiro atoms. The molecule has 0 aromatic heterocycles. The zero-order chi connectivity index (χ0) is 21.4. The van der Waals surface area contributed by atoms with Crippen LogP contribution in [0.5, 0.6) is 11.5 Å². The molecule has 1 heterocycles. The highest BCUT2D eigenvalue weighted by molar-refractivity contribution is 5.39. The average molecular weight is 420 g/mol. The van der Waals surface area contributed by atoms with Crippen molar-refractivity contribution >= 4 is 0 Å². The first-order valence-corrected chi connectivity index (χ1v) is 10.7. The van der Waals surface area contributed by atoms with Crippen LogP contribution >= 0.6 is 0 Å². The molecular formula is C26H29NO4. The molecule has 1 N–H and O–H groups in total. The van der Waals surface area contributed by atoms with Crippen molar-refractivity contribution < 1.29 is 18.9 Å². The van der Waals surface area contributed by atoms with Crippen molar-refractivity contribution in [1.29, 1.82) is 0 Å². The smallest absolute Gasteiger partial charge is 0.222 e. The van der Waals surface area contributed by atoms with Gasteiger partial charge < -0.3 is 24.3 Å². The maximum absolute atomic E-state index is 6.40. The Morgan fingerprint density at radius 2 is 1.35 bits per heavy atom. The number of ether oxygens (including phenoxy) is 4. The van der Waals surface area contributed by atoms with Crippen molar-refractivity contribution in [3.05, 3.63) is 96.1 Å². The highest BCUT2D eigenvalue weighted by atomic mass is 16.7. The van der Waals surface area contributed by atoms with Gasteiger partial charge >= 0.3 is 0 Å². The quantitative estimate of drug-likeness (QED) is 0.526. The Bertz CT molecular complexity index is 883. The van der Waals surface area contributed by atoms with E-state index in [0.29, 0.717) is 19.8 Å². The van der Waals surface area contributed by atoms with E-state index in [1.807, 2.05) is 60.7 Å². The molecule has 162 valence electrons. The van der Waals surface area contributed by atoms with Gasteiger partial charge in [-0.1, -0.05) is 72.8 Å². The van der Waals surface area contributed by atoms with Crippen molar-refractivity contribution in [2.45, 2.75) is 5.79 Å². The van der Waals surface area contributed by atoms with E-state index in [1.165, 1.54) is 0 Å². The standard InChI is InChI=1S/C26H29NO4/c1-28-24-14-8-9-15-25(24)29-17-16-27-18-21-19-30-26(31-20-21,22-10-4-2-5-11-22)23-12-6-3-7-13-23/h2-15,21,27H,16-20H2,1H3. The number of para-hydroxylation sites is 2. The number of nitrogens with one attached hydrogen (secondary N) is 1. The summed E-state index contributed by atoms with van der Waals surface area (Å²) in [7, 11) is 1.65. The zero-order valence-corrected chi connectivity index (χ0v) is 17.8. The lowest BCUT2D eigenvalue weighted by Gasteiger charge is -2.41. The number of hydrogen-bond donors (Lipinski definition) is 1. The van der Waals surface area contributed by atoms with Gasteiger partial charge in [0.2, 0.25) is 5.79 Å². The van der Waals surface area contributed by atoms with Crippen LogP contribution in [-0.2, 0) is 15.3 Å². The molecule has 0 bridgehead atoms. The molecular weight excluding hydrogens is 390 g/mol. The summed E-state index contributed by atoms with van der Waals surface area (Å²) >= 11 is 0. The van der Waals surface area contributed by atoms with Gasteiger partial charge in [-0.05, 0) is 12.1 Å². The van der Waals surface area contributed by atoms with Crippen molar-refractivity contribution in [3.63, 3.8) is 0 Å². The summed E-state index contributed by atoms with van der Waals surface area (Å²) in [6.45, 7) is 3.33. The molecule has 0 amide bonds. The van der Waals surface area contributed by atoms with Crippen LogP contribution in [0.2, 0.25) is 0 Å². The van der Waals surface area contributed by atoms with Crippen LogP contribution in [0.4, 0.5) is 0 Å². The van der Waals surface area contributed by atoms with Gasteiger partial charge in [0, 0.05) is 30.1 Å². The summed E-state index contributed by atoms with van der Waals surface area (Å²) < 4.78 is 23.9. The molecule has 3 aromatic rings. The van der Waals surface area contributed by atoms with E-state index >= 15 is 0 Å². The highest BCUT2D eigenvalue weighted by Gasteiger charge is 2.41. The largest absolute Gasteiger partial charge is 0.493 e. The Hall–Kier alpha value is -2.86. The fourth-order valence-corrected chi connectivity index (χ4v) is 3.77. The van der Waals surface area contributed by atoms with Crippen LogP contribution in [0, 0.1) is 5.92 Å². The van der Waals surface area contributed by atoms with Gasteiger partial charge in [-0.25, -0.2) is 0 Å². The third-order valence-electron chi connectivity index (χ3n) is 5.39. The molecule has 1 saturated heterocycles. The number of rotatable bonds is 9. The summed E-state index contributed by atoms with van der Waals surface area (Å²) in [5, 5.41) is 3.44. The molecule has 0 atom stereocenters. The third kappa shape index (κ3) is 5.07. The number of benzene rings is 3. The summed E-state index contributed by atoms with van der Waals surface area (Å²) in [5.74, 6) is 0.916. The second-order valence-electron chi connectivity index (χ2n) is 7.54. The first kappa shape index (κ1) is 21.4. The molecule has 1 fully saturated rings. The zero-order valence-electron chi connectivity index (χ0n) is 17.8. The molecule has 0 radical (unpaired) electrons. The van der Waals surface area contributed by atoms with E-state index in [0.717, 1.165) is 35.7 Å². The third-order valence-corrected chi connectivity index (χ3v) is 5.39. The Kier molecular flexibility index (Phi) is 7.20. The lowest BCUT2D eigenvalue weighted by atomic mass is 9.95.